The van der Waals surface area contributed by atoms with E-state index in [1.165, 1.54) is 24.1 Å². The van der Waals surface area contributed by atoms with Crippen molar-refractivity contribution in [2.24, 2.45) is 0 Å². The van der Waals surface area contributed by atoms with Crippen LogP contribution in [0.1, 0.15) is 73.9 Å². The highest BCUT2D eigenvalue weighted by molar-refractivity contribution is 7.92. The molecule has 1 fully saturated rings. The number of halogens is 1. The first-order valence-corrected chi connectivity index (χ1v) is 16.4. The fourth-order valence-electron chi connectivity index (χ4n) is 4.56. The third kappa shape index (κ3) is 6.89. The quantitative estimate of drug-likeness (QED) is 0.431. The van der Waals surface area contributed by atoms with Gasteiger partial charge in [-0.25, -0.2) is 30.8 Å². The van der Waals surface area contributed by atoms with E-state index < -0.39 is 48.2 Å². The molecule has 2 aliphatic rings. The molecule has 10 nitrogen and oxygen atoms in total. The van der Waals surface area contributed by atoms with Crippen LogP contribution in [0.5, 0.6) is 0 Å². The lowest BCUT2D eigenvalue weighted by molar-refractivity contribution is 0.0346. The van der Waals surface area contributed by atoms with Gasteiger partial charge in [-0.05, 0) is 82.2 Å². The lowest BCUT2D eigenvalue weighted by Gasteiger charge is -2.32. The average molecular weight is 609 g/mol. The molecule has 0 spiro atoms. The maximum Gasteiger partial charge on any atom is 0.414 e. The van der Waals surface area contributed by atoms with E-state index in [1.807, 2.05) is 0 Å². The second-order valence-electron chi connectivity index (χ2n) is 11.1. The van der Waals surface area contributed by atoms with Crippen LogP contribution in [-0.4, -0.2) is 59.3 Å². The van der Waals surface area contributed by atoms with Gasteiger partial charge in [-0.1, -0.05) is 12.1 Å². The number of sulfone groups is 1. The Bertz CT molecular complexity index is 1640. The summed E-state index contributed by atoms with van der Waals surface area (Å²) in [6, 6.07) is 6.04. The van der Waals surface area contributed by atoms with Crippen LogP contribution in [-0.2, 0) is 29.3 Å². The summed E-state index contributed by atoms with van der Waals surface area (Å²) in [5.74, 6) is -1.87. The number of hydrogen-bond donors (Lipinski definition) is 1. The van der Waals surface area contributed by atoms with E-state index in [0.29, 0.717) is 18.4 Å². The zero-order chi connectivity index (χ0) is 30.3. The largest absolute Gasteiger partial charge is 0.465 e. The third-order valence-corrected chi connectivity index (χ3v) is 9.09. The van der Waals surface area contributed by atoms with Crippen LogP contribution in [0.3, 0.4) is 0 Å². The summed E-state index contributed by atoms with van der Waals surface area (Å²) in [4.78, 5) is 25.6. The van der Waals surface area contributed by atoms with Gasteiger partial charge in [0.1, 0.15) is 16.3 Å². The molecule has 2 aromatic carbocycles. The standard InChI is InChI=1S/C28H33FN2O8S2/c1-28(2,3)39-27(33)31-13-7-6-8-23(31)20-15-21(29)25(40(5,34)35)16-22(20)30-41(36,37)24-14-18(26(32)38-4)11-12-19(24)17-9-10-17/h8,11-12,14-17,30H,6-7,9-10,13H2,1-5H3. The van der Waals surface area contributed by atoms with Gasteiger partial charge in [0.2, 0.25) is 0 Å². The van der Waals surface area contributed by atoms with Crippen molar-refractivity contribution < 1.29 is 40.3 Å². The number of allylic oxidation sites excluding steroid dienone is 1. The van der Waals surface area contributed by atoms with Crippen LogP contribution >= 0.6 is 0 Å². The van der Waals surface area contributed by atoms with Gasteiger partial charge in [0.15, 0.2) is 9.84 Å². The van der Waals surface area contributed by atoms with Gasteiger partial charge in [-0.3, -0.25) is 9.62 Å². The van der Waals surface area contributed by atoms with Gasteiger partial charge in [0.25, 0.3) is 10.0 Å². The van der Waals surface area contributed by atoms with Crippen LogP contribution in [0, 0.1) is 5.82 Å². The lowest BCUT2D eigenvalue weighted by atomic mass is 10.0. The van der Waals surface area contributed by atoms with Gasteiger partial charge in [0.05, 0.1) is 29.0 Å². The molecule has 1 aliphatic carbocycles. The fraction of sp³-hybridized carbons (Fsp3) is 0.429. The number of hydrogen-bond acceptors (Lipinski definition) is 8. The number of sulfonamides is 1. The third-order valence-electron chi connectivity index (χ3n) is 6.56. The van der Waals surface area contributed by atoms with E-state index >= 15 is 4.39 Å². The zero-order valence-electron chi connectivity index (χ0n) is 23.5. The maximum atomic E-state index is 15.2. The Labute approximate surface area is 239 Å². The Morgan fingerprint density at radius 2 is 1.73 bits per heavy atom. The fourth-order valence-corrected chi connectivity index (χ4v) is 6.70. The number of benzene rings is 2. The van der Waals surface area contributed by atoms with Crippen molar-refractivity contribution in [3.63, 3.8) is 0 Å². The Kier molecular flexibility index (Phi) is 8.25. The molecule has 0 aromatic heterocycles. The normalized spacial score (nSPS) is 16.1. The molecular formula is C28H33FN2O8S2. The SMILES string of the molecule is COC(=O)c1ccc(C2CC2)c(S(=O)(=O)Nc2cc(S(C)(=O)=O)c(F)cc2C2=CCCCN2C(=O)OC(C)(C)C)c1. The van der Waals surface area contributed by atoms with Crippen LogP contribution in [0.4, 0.5) is 14.9 Å². The van der Waals surface area contributed by atoms with Gasteiger partial charge in [0, 0.05) is 18.4 Å². The Morgan fingerprint density at radius 3 is 2.32 bits per heavy atom. The number of carbonyl (C=O) groups is 2. The molecule has 0 unspecified atom stereocenters. The molecule has 1 aliphatic heterocycles. The smallest absolute Gasteiger partial charge is 0.414 e. The monoisotopic (exact) mass is 608 g/mol. The molecule has 41 heavy (non-hydrogen) atoms. The van der Waals surface area contributed by atoms with E-state index in [-0.39, 0.29) is 39.9 Å². The molecule has 1 amide bonds. The first-order valence-electron chi connectivity index (χ1n) is 13.0. The summed E-state index contributed by atoms with van der Waals surface area (Å²) in [6.45, 7) is 5.30. The highest BCUT2D eigenvalue weighted by Gasteiger charge is 2.34. The van der Waals surface area contributed by atoms with Crippen molar-refractivity contribution in [3.05, 3.63) is 58.9 Å². The van der Waals surface area contributed by atoms with E-state index in [0.717, 1.165) is 31.2 Å². The Balaban J connectivity index is 1.87. The summed E-state index contributed by atoms with van der Waals surface area (Å²) >= 11 is 0. The molecule has 2 aromatic rings. The van der Waals surface area contributed by atoms with Crippen molar-refractivity contribution in [1.29, 1.82) is 0 Å². The number of ether oxygens (including phenoxy) is 2. The molecule has 1 N–H and O–H groups in total. The van der Waals surface area contributed by atoms with Crippen molar-refractivity contribution in [1.82, 2.24) is 4.90 Å². The van der Waals surface area contributed by atoms with Crippen LogP contribution in [0.2, 0.25) is 0 Å². The minimum atomic E-state index is -4.45. The number of nitrogens with zero attached hydrogens (tertiary/aromatic N) is 1. The minimum Gasteiger partial charge on any atom is -0.465 e. The Morgan fingerprint density at radius 1 is 1.05 bits per heavy atom. The molecule has 1 saturated carbocycles. The molecular weight excluding hydrogens is 575 g/mol. The van der Waals surface area contributed by atoms with Crippen molar-refractivity contribution in [3.8, 4) is 0 Å². The molecule has 0 radical (unpaired) electrons. The molecule has 222 valence electrons. The highest BCUT2D eigenvalue weighted by atomic mass is 32.2. The second-order valence-corrected chi connectivity index (χ2v) is 14.7. The molecule has 1 heterocycles. The number of rotatable bonds is 7. The number of carbonyl (C=O) groups excluding carboxylic acids is 2. The van der Waals surface area contributed by atoms with Crippen LogP contribution in [0.15, 0.2) is 46.2 Å². The highest BCUT2D eigenvalue weighted by Crippen LogP contribution is 2.44. The van der Waals surface area contributed by atoms with E-state index in [4.69, 9.17) is 9.47 Å². The second kappa shape index (κ2) is 11.1. The average Bonchev–Trinajstić information content (AvgIpc) is 3.72. The molecule has 0 bridgehead atoms. The predicted molar refractivity (Wildman–Crippen MR) is 150 cm³/mol. The summed E-state index contributed by atoms with van der Waals surface area (Å²) < 4.78 is 80.5. The molecule has 4 rings (SSSR count). The molecule has 0 saturated heterocycles. The number of esters is 1. The number of methoxy groups -OCH3 is 1. The number of anilines is 1. The lowest BCUT2D eigenvalue weighted by Crippen LogP contribution is -2.37. The van der Waals surface area contributed by atoms with Crippen LogP contribution < -0.4 is 4.72 Å². The topological polar surface area (TPSA) is 136 Å². The number of nitrogens with one attached hydrogen (secondary N) is 1. The van der Waals surface area contributed by atoms with Crippen LogP contribution in [0.25, 0.3) is 5.70 Å². The maximum absolute atomic E-state index is 15.2. The predicted octanol–water partition coefficient (Wildman–Crippen LogP) is 5.07. The first kappa shape index (κ1) is 30.5. The zero-order valence-corrected chi connectivity index (χ0v) is 25.1. The Hall–Kier alpha value is -3.45. The first-order chi connectivity index (χ1) is 19.0. The summed E-state index contributed by atoms with van der Waals surface area (Å²) in [5, 5.41) is 0. The van der Waals surface area contributed by atoms with E-state index in [1.54, 1.807) is 32.9 Å². The van der Waals surface area contributed by atoms with Gasteiger partial charge in [-0.15, -0.1) is 0 Å². The number of amides is 1. The van der Waals surface area contributed by atoms with Gasteiger partial charge in [-0.2, -0.15) is 0 Å². The van der Waals surface area contributed by atoms with Gasteiger partial charge < -0.3 is 9.47 Å². The molecule has 0 atom stereocenters. The summed E-state index contributed by atoms with van der Waals surface area (Å²) in [5.41, 5.74) is -0.448. The van der Waals surface area contributed by atoms with Crippen molar-refractivity contribution >= 4 is 43.3 Å². The van der Waals surface area contributed by atoms with Crippen molar-refractivity contribution in [2.45, 2.75) is 67.8 Å². The minimum absolute atomic E-state index is 0.0134. The summed E-state index contributed by atoms with van der Waals surface area (Å²) in [7, 11) is -7.38. The summed E-state index contributed by atoms with van der Waals surface area (Å²) in [6.07, 6.45) is 4.35. The van der Waals surface area contributed by atoms with Gasteiger partial charge >= 0.3 is 12.1 Å². The van der Waals surface area contributed by atoms with E-state index in [2.05, 4.69) is 4.72 Å². The van der Waals surface area contributed by atoms with Crippen molar-refractivity contribution in [2.75, 3.05) is 24.6 Å². The molecule has 13 heteroatoms. The van der Waals surface area contributed by atoms with E-state index in [9.17, 15) is 26.4 Å².